The van der Waals surface area contributed by atoms with E-state index in [9.17, 15) is 26.3 Å². The molecule has 172 valence electrons. The summed E-state index contributed by atoms with van der Waals surface area (Å²) >= 11 is 0. The molecule has 2 rings (SSSR count). The van der Waals surface area contributed by atoms with Gasteiger partial charge in [-0.25, -0.2) is 0 Å². The van der Waals surface area contributed by atoms with Gasteiger partial charge in [0.1, 0.15) is 6.79 Å². The number of alkyl halides is 6. The molecular formula is C20H32F6O3. The number of aliphatic hydroxyl groups excluding tert-OH is 1. The Morgan fingerprint density at radius 3 is 2.03 bits per heavy atom. The molecule has 1 atom stereocenters. The van der Waals surface area contributed by atoms with Crippen LogP contribution in [-0.2, 0) is 9.47 Å². The number of hydrogen-bond donors (Lipinski definition) is 1. The van der Waals surface area contributed by atoms with E-state index in [0.29, 0.717) is 32.5 Å². The number of allylic oxidation sites excluding steroid dienone is 3. The zero-order valence-electron chi connectivity index (χ0n) is 17.3. The van der Waals surface area contributed by atoms with Gasteiger partial charge in [0.05, 0.1) is 13.2 Å². The van der Waals surface area contributed by atoms with Crippen molar-refractivity contribution in [1.29, 1.82) is 0 Å². The molecule has 1 fully saturated rings. The van der Waals surface area contributed by atoms with Crippen LogP contribution in [-0.4, -0.2) is 44.6 Å². The topological polar surface area (TPSA) is 38.7 Å². The van der Waals surface area contributed by atoms with Crippen molar-refractivity contribution in [2.24, 2.45) is 10.8 Å². The first-order chi connectivity index (χ1) is 13.5. The average Bonchev–Trinajstić information content (AvgIpc) is 2.68. The van der Waals surface area contributed by atoms with Crippen LogP contribution in [0.3, 0.4) is 0 Å². The van der Waals surface area contributed by atoms with Crippen molar-refractivity contribution in [1.82, 2.24) is 0 Å². The minimum atomic E-state index is -5.33. The Labute approximate surface area is 168 Å². The first-order valence-corrected chi connectivity index (χ1v) is 9.68. The van der Waals surface area contributed by atoms with Gasteiger partial charge in [0.15, 0.2) is 5.41 Å². The van der Waals surface area contributed by atoms with E-state index < -0.39 is 35.2 Å². The predicted octanol–water partition coefficient (Wildman–Crippen LogP) is 6.19. The molecule has 29 heavy (non-hydrogen) atoms. The van der Waals surface area contributed by atoms with Crippen LogP contribution in [0.2, 0.25) is 0 Å². The fourth-order valence-electron chi connectivity index (χ4n) is 3.93. The zero-order chi connectivity index (χ0) is 22.8. The summed E-state index contributed by atoms with van der Waals surface area (Å²) in [5.74, 6) is 0. The van der Waals surface area contributed by atoms with E-state index in [-0.39, 0.29) is 19.6 Å². The Kier molecular flexibility index (Phi) is 11.5. The summed E-state index contributed by atoms with van der Waals surface area (Å²) in [5, 5.41) is 8.02. The Bertz CT molecular complexity index is 495. The molecular weight excluding hydrogens is 402 g/mol. The number of hydrogen-bond acceptors (Lipinski definition) is 3. The van der Waals surface area contributed by atoms with Crippen molar-refractivity contribution in [2.75, 3.05) is 27.1 Å². The highest BCUT2D eigenvalue weighted by molar-refractivity contribution is 5.35. The normalized spacial score (nSPS) is 23.4. The molecule has 0 spiro atoms. The van der Waals surface area contributed by atoms with E-state index in [2.05, 4.69) is 16.1 Å². The van der Waals surface area contributed by atoms with Crippen LogP contribution in [0.4, 0.5) is 26.3 Å². The van der Waals surface area contributed by atoms with E-state index in [1.807, 2.05) is 13.8 Å². The molecule has 1 saturated carbocycles. The van der Waals surface area contributed by atoms with Gasteiger partial charge in [0.25, 0.3) is 0 Å². The van der Waals surface area contributed by atoms with Crippen molar-refractivity contribution in [2.45, 2.75) is 64.7 Å². The maximum atomic E-state index is 13.4. The molecule has 0 saturated heterocycles. The molecule has 0 radical (unpaired) electrons. The third-order valence-electron chi connectivity index (χ3n) is 5.23. The highest BCUT2D eigenvalue weighted by atomic mass is 19.4. The van der Waals surface area contributed by atoms with Crippen LogP contribution in [0.5, 0.6) is 0 Å². The molecule has 0 aromatic heterocycles. The zero-order valence-corrected chi connectivity index (χ0v) is 17.3. The van der Waals surface area contributed by atoms with Crippen molar-refractivity contribution in [3.05, 3.63) is 24.3 Å². The van der Waals surface area contributed by atoms with Crippen molar-refractivity contribution < 1.29 is 40.9 Å². The predicted molar refractivity (Wildman–Crippen MR) is 99.2 cm³/mol. The molecule has 2 aliphatic rings. The number of aliphatic hydroxyl groups is 1. The molecule has 0 bridgehead atoms. The molecule has 0 aromatic carbocycles. The van der Waals surface area contributed by atoms with E-state index in [1.165, 1.54) is 6.08 Å². The van der Waals surface area contributed by atoms with Crippen LogP contribution in [0.25, 0.3) is 0 Å². The summed E-state index contributed by atoms with van der Waals surface area (Å²) in [6.45, 7) is 8.30. The minimum absolute atomic E-state index is 0.0949. The summed E-state index contributed by atoms with van der Waals surface area (Å²) in [4.78, 5) is 0. The largest absolute Gasteiger partial charge is 0.406 e. The van der Waals surface area contributed by atoms with Gasteiger partial charge in [-0.3, -0.25) is 0 Å². The molecule has 1 N–H and O–H groups in total. The monoisotopic (exact) mass is 434 g/mol. The van der Waals surface area contributed by atoms with Crippen LogP contribution < -0.4 is 0 Å². The van der Waals surface area contributed by atoms with E-state index in [1.54, 1.807) is 7.11 Å². The summed E-state index contributed by atoms with van der Waals surface area (Å²) in [5.41, 5.74) is -5.37. The Hall–Kier alpha value is -1.06. The van der Waals surface area contributed by atoms with Crippen molar-refractivity contribution in [3.63, 3.8) is 0 Å². The lowest BCUT2D eigenvalue weighted by Gasteiger charge is -2.52. The molecule has 3 nitrogen and oxygen atoms in total. The van der Waals surface area contributed by atoms with Crippen LogP contribution >= 0.6 is 0 Å². The van der Waals surface area contributed by atoms with E-state index >= 15 is 0 Å². The summed E-state index contributed by atoms with van der Waals surface area (Å²) in [6, 6.07) is 0. The third kappa shape index (κ3) is 6.21. The van der Waals surface area contributed by atoms with Gasteiger partial charge in [-0.05, 0) is 37.7 Å². The number of methoxy groups -OCH3 is 1. The molecule has 0 aromatic rings. The molecule has 0 amide bonds. The van der Waals surface area contributed by atoms with E-state index in [0.717, 1.165) is 6.08 Å². The maximum absolute atomic E-state index is 13.4. The van der Waals surface area contributed by atoms with Crippen LogP contribution in [0.1, 0.15) is 52.4 Å². The lowest BCUT2D eigenvalue weighted by atomic mass is 9.54. The average molecular weight is 434 g/mol. The number of fused-ring (bicyclic) bond motifs is 1. The summed E-state index contributed by atoms with van der Waals surface area (Å²) < 4.78 is 89.4. The Morgan fingerprint density at radius 1 is 1.03 bits per heavy atom. The molecule has 0 aliphatic heterocycles. The summed E-state index contributed by atoms with van der Waals surface area (Å²) in [6.07, 6.45) is -7.72. The first kappa shape index (κ1) is 27.9. The molecule has 1 unspecified atom stereocenters. The third-order valence-corrected chi connectivity index (χ3v) is 5.23. The maximum Gasteiger partial charge on any atom is 0.406 e. The van der Waals surface area contributed by atoms with Crippen LogP contribution in [0.15, 0.2) is 24.3 Å². The quantitative estimate of drug-likeness (QED) is 0.243. The fourth-order valence-corrected chi connectivity index (χ4v) is 3.93. The van der Waals surface area contributed by atoms with Gasteiger partial charge in [0, 0.05) is 12.5 Å². The highest BCUT2D eigenvalue weighted by Crippen LogP contribution is 2.67. The van der Waals surface area contributed by atoms with Gasteiger partial charge < -0.3 is 14.6 Å². The van der Waals surface area contributed by atoms with Gasteiger partial charge in [0.2, 0.25) is 0 Å². The lowest BCUT2D eigenvalue weighted by Crippen LogP contribution is -2.57. The van der Waals surface area contributed by atoms with Gasteiger partial charge >= 0.3 is 12.4 Å². The van der Waals surface area contributed by atoms with E-state index in [4.69, 9.17) is 5.11 Å². The number of halogens is 6. The first-order valence-electron chi connectivity index (χ1n) is 9.68. The second-order valence-corrected chi connectivity index (χ2v) is 6.65. The van der Waals surface area contributed by atoms with Crippen molar-refractivity contribution >= 4 is 0 Å². The number of ether oxygens (including phenoxy) is 2. The second kappa shape index (κ2) is 12.0. The smallest absolute Gasteiger partial charge is 0.382 e. The van der Waals surface area contributed by atoms with Gasteiger partial charge in [-0.15, -0.1) is 6.58 Å². The Morgan fingerprint density at radius 2 is 1.59 bits per heavy atom. The van der Waals surface area contributed by atoms with Crippen LogP contribution in [0, 0.1) is 10.8 Å². The van der Waals surface area contributed by atoms with Gasteiger partial charge in [-0.1, -0.05) is 32.4 Å². The lowest BCUT2D eigenvalue weighted by molar-refractivity contribution is -0.335. The van der Waals surface area contributed by atoms with Crippen molar-refractivity contribution in [3.8, 4) is 0 Å². The second-order valence-electron chi connectivity index (χ2n) is 6.65. The number of rotatable bonds is 5. The SMILES string of the molecule is C=CC12CCCC=C1C(C(F)(F)F)(C(F)(F)F)CCC2.CC.COCCOCO. The molecule has 9 heteroatoms. The minimum Gasteiger partial charge on any atom is -0.382 e. The summed E-state index contributed by atoms with van der Waals surface area (Å²) in [7, 11) is 1.58. The molecule has 0 heterocycles. The fraction of sp³-hybridized carbons (Fsp3) is 0.800. The Balaban J connectivity index is 0.000000740. The highest BCUT2D eigenvalue weighted by Gasteiger charge is 2.74. The van der Waals surface area contributed by atoms with Gasteiger partial charge in [-0.2, -0.15) is 26.3 Å². The molecule has 2 aliphatic carbocycles. The standard InChI is InChI=1S/C14H16F6.C4H10O3.C2H6/c1-2-11-7-4-3-6-10(11)12(9-5-8-11,13(15,16)17)14(18,19)20;1-6-2-3-7-4-5;1-2/h2,6H,1,3-5,7-9H2;5H,2-4H2,1H3;1-2H3.